The molecule has 2 aliphatic heterocycles. The van der Waals surface area contributed by atoms with Gasteiger partial charge in [0.1, 0.15) is 6.04 Å². The first-order valence-electron chi connectivity index (χ1n) is 9.86. The summed E-state index contributed by atoms with van der Waals surface area (Å²) in [5.41, 5.74) is 2.99. The summed E-state index contributed by atoms with van der Waals surface area (Å²) < 4.78 is 5.10. The van der Waals surface area contributed by atoms with Crippen LogP contribution in [0.25, 0.3) is 0 Å². The number of esters is 1. The van der Waals surface area contributed by atoms with Gasteiger partial charge in [-0.3, -0.25) is 9.78 Å². The molecule has 2 aromatic rings. The summed E-state index contributed by atoms with van der Waals surface area (Å²) in [6, 6.07) is 7.35. The maximum absolute atomic E-state index is 12.7. The van der Waals surface area contributed by atoms with Crippen LogP contribution in [0.1, 0.15) is 36.2 Å². The SMILES string of the molecule is CCC1=C(C(=O)OC)C(c2cccs2)N2C(CC(=O)NCc3cccnc3)=CSC2=N1. The summed E-state index contributed by atoms with van der Waals surface area (Å²) in [6.45, 7) is 2.39. The number of pyridine rings is 1. The highest BCUT2D eigenvalue weighted by molar-refractivity contribution is 8.16. The first-order valence-corrected chi connectivity index (χ1v) is 11.6. The molecule has 0 aliphatic carbocycles. The van der Waals surface area contributed by atoms with Crippen molar-refractivity contribution in [3.05, 3.63) is 74.9 Å². The van der Waals surface area contributed by atoms with E-state index in [0.29, 0.717) is 18.5 Å². The van der Waals surface area contributed by atoms with Crippen LogP contribution in [0.5, 0.6) is 0 Å². The van der Waals surface area contributed by atoms with Crippen molar-refractivity contribution in [1.82, 2.24) is 15.2 Å². The van der Waals surface area contributed by atoms with Crippen LogP contribution >= 0.6 is 23.1 Å². The van der Waals surface area contributed by atoms with Gasteiger partial charge in [0, 0.05) is 29.5 Å². The van der Waals surface area contributed by atoms with Crippen LogP contribution in [-0.4, -0.2) is 34.0 Å². The van der Waals surface area contributed by atoms with Gasteiger partial charge in [-0.15, -0.1) is 11.3 Å². The van der Waals surface area contributed by atoms with Crippen LogP contribution in [0.4, 0.5) is 0 Å². The van der Waals surface area contributed by atoms with Gasteiger partial charge in [-0.25, -0.2) is 9.79 Å². The van der Waals surface area contributed by atoms with Gasteiger partial charge in [-0.2, -0.15) is 0 Å². The van der Waals surface area contributed by atoms with Crippen LogP contribution in [0.3, 0.4) is 0 Å². The van der Waals surface area contributed by atoms with E-state index in [-0.39, 0.29) is 18.4 Å². The van der Waals surface area contributed by atoms with Crippen molar-refractivity contribution in [2.75, 3.05) is 7.11 Å². The molecule has 1 atom stereocenters. The topological polar surface area (TPSA) is 83.9 Å². The Balaban J connectivity index is 1.59. The number of aliphatic imine (C=N–C) groups is 1. The van der Waals surface area contributed by atoms with E-state index in [0.717, 1.165) is 27.0 Å². The van der Waals surface area contributed by atoms with Gasteiger partial charge in [-0.05, 0) is 34.9 Å². The predicted octanol–water partition coefficient (Wildman–Crippen LogP) is 3.99. The second-order valence-electron chi connectivity index (χ2n) is 6.93. The van der Waals surface area contributed by atoms with E-state index in [1.54, 1.807) is 23.7 Å². The zero-order valence-electron chi connectivity index (χ0n) is 17.2. The summed E-state index contributed by atoms with van der Waals surface area (Å²) in [5, 5.41) is 7.64. The molecule has 0 saturated heterocycles. The molecule has 160 valence electrons. The maximum atomic E-state index is 12.7. The lowest BCUT2D eigenvalue weighted by Crippen LogP contribution is -2.37. The fraction of sp³-hybridized carbons (Fsp3) is 0.273. The largest absolute Gasteiger partial charge is 0.466 e. The van der Waals surface area contributed by atoms with Gasteiger partial charge in [0.05, 0.1) is 24.8 Å². The van der Waals surface area contributed by atoms with Crippen LogP contribution in [0.15, 0.2) is 69.4 Å². The number of nitrogens with one attached hydrogen (secondary N) is 1. The molecule has 0 saturated carbocycles. The Morgan fingerprint density at radius 2 is 2.16 bits per heavy atom. The molecule has 1 N–H and O–H groups in total. The Kier molecular flexibility index (Phi) is 6.53. The smallest absolute Gasteiger partial charge is 0.338 e. The third-order valence-electron chi connectivity index (χ3n) is 5.00. The van der Waals surface area contributed by atoms with E-state index in [2.05, 4.69) is 10.3 Å². The van der Waals surface area contributed by atoms with E-state index in [9.17, 15) is 9.59 Å². The van der Waals surface area contributed by atoms with Crippen molar-refractivity contribution in [3.63, 3.8) is 0 Å². The van der Waals surface area contributed by atoms with E-state index < -0.39 is 5.97 Å². The number of fused-ring (bicyclic) bond motifs is 1. The number of carbonyl (C=O) groups excluding carboxylic acids is 2. The number of allylic oxidation sites excluding steroid dienone is 1. The first kappa shape index (κ1) is 21.3. The number of hydrogen-bond donors (Lipinski definition) is 1. The molecule has 0 bridgehead atoms. The zero-order chi connectivity index (χ0) is 21.8. The molecular weight excluding hydrogens is 432 g/mol. The quantitative estimate of drug-likeness (QED) is 0.637. The number of ether oxygens (including phenoxy) is 1. The van der Waals surface area contributed by atoms with E-state index in [1.165, 1.54) is 18.9 Å². The van der Waals surface area contributed by atoms with Crippen LogP contribution in [0, 0.1) is 0 Å². The van der Waals surface area contributed by atoms with Crippen LogP contribution in [-0.2, 0) is 20.9 Å². The van der Waals surface area contributed by atoms with E-state index in [4.69, 9.17) is 9.73 Å². The zero-order valence-corrected chi connectivity index (χ0v) is 18.8. The monoisotopic (exact) mass is 454 g/mol. The van der Waals surface area contributed by atoms with E-state index >= 15 is 0 Å². The Hall–Kier alpha value is -2.91. The average Bonchev–Trinajstić information content (AvgIpc) is 3.47. The molecule has 2 aliphatic rings. The molecular formula is C22H22N4O3S2. The molecule has 0 spiro atoms. The number of carbonyl (C=O) groups is 2. The number of hydrogen-bond acceptors (Lipinski definition) is 8. The molecule has 4 heterocycles. The van der Waals surface area contributed by atoms with Crippen LogP contribution < -0.4 is 5.32 Å². The molecule has 0 aromatic carbocycles. The third-order valence-corrected chi connectivity index (χ3v) is 6.81. The minimum absolute atomic E-state index is 0.105. The fourth-order valence-corrected chi connectivity index (χ4v) is 5.32. The van der Waals surface area contributed by atoms with Gasteiger partial charge in [0.25, 0.3) is 0 Å². The number of aromatic nitrogens is 1. The Labute approximate surface area is 188 Å². The lowest BCUT2D eigenvalue weighted by Gasteiger charge is -2.35. The highest BCUT2D eigenvalue weighted by atomic mass is 32.2. The minimum atomic E-state index is -0.393. The maximum Gasteiger partial charge on any atom is 0.338 e. The number of amides is 1. The Morgan fingerprint density at radius 3 is 2.84 bits per heavy atom. The van der Waals surface area contributed by atoms with Gasteiger partial charge >= 0.3 is 5.97 Å². The number of nitrogens with zero attached hydrogens (tertiary/aromatic N) is 3. The van der Waals surface area contributed by atoms with Gasteiger partial charge in [-0.1, -0.05) is 30.8 Å². The third kappa shape index (κ3) is 4.42. The lowest BCUT2D eigenvalue weighted by molar-refractivity contribution is -0.136. The number of rotatable bonds is 7. The highest BCUT2D eigenvalue weighted by Crippen LogP contribution is 2.46. The van der Waals surface area contributed by atoms with Gasteiger partial charge in [0.15, 0.2) is 5.17 Å². The molecule has 0 radical (unpaired) electrons. The number of amidine groups is 1. The Bertz CT molecular complexity index is 1060. The average molecular weight is 455 g/mol. The van der Waals surface area contributed by atoms with Crippen molar-refractivity contribution in [1.29, 1.82) is 0 Å². The van der Waals surface area contributed by atoms with Gasteiger partial charge < -0.3 is 15.0 Å². The molecule has 7 nitrogen and oxygen atoms in total. The molecule has 31 heavy (non-hydrogen) atoms. The number of thiophene rings is 1. The summed E-state index contributed by atoms with van der Waals surface area (Å²) in [4.78, 5) is 37.2. The molecule has 1 unspecified atom stereocenters. The number of methoxy groups -OCH3 is 1. The second kappa shape index (κ2) is 9.49. The summed E-state index contributed by atoms with van der Waals surface area (Å²) in [5.74, 6) is -0.498. The number of thioether (sulfide) groups is 1. The van der Waals surface area contributed by atoms with Crippen LogP contribution in [0.2, 0.25) is 0 Å². The standard InChI is InChI=1S/C22H22N4O3S2/c1-3-16-19(21(28)29-2)20(17-7-5-9-30-17)26-15(13-31-22(26)25-16)10-18(27)24-12-14-6-4-8-23-11-14/h4-9,11,13,20H,3,10,12H2,1-2H3,(H,24,27). The van der Waals surface area contributed by atoms with Crippen molar-refractivity contribution < 1.29 is 14.3 Å². The van der Waals surface area contributed by atoms with E-state index in [1.807, 2.05) is 46.9 Å². The normalized spacial score (nSPS) is 17.7. The van der Waals surface area contributed by atoms with Crippen molar-refractivity contribution in [2.24, 2.45) is 4.99 Å². The molecule has 1 amide bonds. The van der Waals surface area contributed by atoms with Gasteiger partial charge in [0.2, 0.25) is 5.91 Å². The molecule has 0 fully saturated rings. The van der Waals surface area contributed by atoms with Crippen molar-refractivity contribution in [2.45, 2.75) is 32.4 Å². The lowest BCUT2D eigenvalue weighted by atomic mass is 9.98. The first-order chi connectivity index (χ1) is 15.1. The van der Waals surface area contributed by atoms with Crippen molar-refractivity contribution in [3.8, 4) is 0 Å². The second-order valence-corrected chi connectivity index (χ2v) is 8.75. The summed E-state index contributed by atoms with van der Waals surface area (Å²) in [7, 11) is 1.38. The molecule has 2 aromatic heterocycles. The summed E-state index contributed by atoms with van der Waals surface area (Å²) in [6.07, 6.45) is 4.23. The fourth-order valence-electron chi connectivity index (χ4n) is 3.56. The minimum Gasteiger partial charge on any atom is -0.466 e. The predicted molar refractivity (Wildman–Crippen MR) is 122 cm³/mol. The summed E-state index contributed by atoms with van der Waals surface area (Å²) >= 11 is 3.04. The Morgan fingerprint density at radius 1 is 1.29 bits per heavy atom. The van der Waals surface area contributed by atoms with Crippen molar-refractivity contribution >= 4 is 40.1 Å². The highest BCUT2D eigenvalue weighted by Gasteiger charge is 2.41. The molecule has 4 rings (SSSR count). The molecule has 9 heteroatoms.